The van der Waals surface area contributed by atoms with Crippen molar-refractivity contribution in [3.05, 3.63) is 70.8 Å². The van der Waals surface area contributed by atoms with Crippen LogP contribution < -0.4 is 0 Å². The maximum Gasteiger partial charge on any atom is 0.0279 e. The van der Waals surface area contributed by atoms with Crippen LogP contribution in [0.2, 0.25) is 0 Å². The number of benzene rings is 1. The Morgan fingerprint density at radius 3 is 2.89 bits per heavy atom. The van der Waals surface area contributed by atoms with E-state index < -0.39 is 0 Å². The highest BCUT2D eigenvalue weighted by Crippen LogP contribution is 2.71. The second kappa shape index (κ2) is 2.61. The molecule has 0 aliphatic heterocycles. The topological polar surface area (TPSA) is 0 Å². The third-order valence-corrected chi connectivity index (χ3v) is 5.20. The van der Waals surface area contributed by atoms with E-state index in [1.54, 1.807) is 5.56 Å². The van der Waals surface area contributed by atoms with Gasteiger partial charge in [-0.1, -0.05) is 60.7 Å². The second-order valence-corrected chi connectivity index (χ2v) is 5.94. The highest BCUT2D eigenvalue weighted by molar-refractivity contribution is 5.77. The van der Waals surface area contributed by atoms with Crippen LogP contribution in [0.4, 0.5) is 0 Å². The van der Waals surface area contributed by atoms with Crippen molar-refractivity contribution in [3.8, 4) is 0 Å². The molecule has 0 saturated heterocycles. The van der Waals surface area contributed by atoms with Gasteiger partial charge in [0.1, 0.15) is 0 Å². The summed E-state index contributed by atoms with van der Waals surface area (Å²) in [5, 5.41) is 0. The summed E-state index contributed by atoms with van der Waals surface area (Å²) in [6.07, 6.45) is 20.9. The first kappa shape index (κ1) is 9.16. The fraction of sp³-hybridized carbons (Fsp3) is 0.222. The molecule has 0 amide bonds. The lowest BCUT2D eigenvalue weighted by Gasteiger charge is -2.28. The molecule has 1 aromatic rings. The fourth-order valence-corrected chi connectivity index (χ4v) is 4.17. The van der Waals surface area contributed by atoms with Crippen LogP contribution in [0.5, 0.6) is 0 Å². The van der Waals surface area contributed by atoms with Gasteiger partial charge in [0.05, 0.1) is 0 Å². The van der Waals surface area contributed by atoms with E-state index in [-0.39, 0.29) is 5.41 Å². The lowest BCUT2D eigenvalue weighted by atomic mass is 9.75. The Labute approximate surface area is 107 Å². The van der Waals surface area contributed by atoms with E-state index in [2.05, 4.69) is 60.7 Å². The first-order chi connectivity index (χ1) is 8.85. The van der Waals surface area contributed by atoms with Crippen molar-refractivity contribution in [1.82, 2.24) is 0 Å². The van der Waals surface area contributed by atoms with Crippen LogP contribution in [0.25, 0.3) is 12.2 Å². The van der Waals surface area contributed by atoms with E-state index in [9.17, 15) is 0 Å². The third-order valence-electron chi connectivity index (χ3n) is 5.20. The lowest BCUT2D eigenvalue weighted by Crippen LogP contribution is -2.20. The third kappa shape index (κ3) is 0.809. The van der Waals surface area contributed by atoms with Gasteiger partial charge >= 0.3 is 0 Å². The molecule has 4 aliphatic carbocycles. The van der Waals surface area contributed by atoms with E-state index in [1.807, 2.05) is 0 Å². The molecule has 2 atom stereocenters. The Kier molecular flexibility index (Phi) is 1.33. The maximum absolute atomic E-state index is 2.44. The summed E-state index contributed by atoms with van der Waals surface area (Å²) >= 11 is 0. The van der Waals surface area contributed by atoms with Crippen LogP contribution in [0, 0.1) is 5.41 Å². The van der Waals surface area contributed by atoms with Crippen molar-refractivity contribution in [2.45, 2.75) is 18.3 Å². The van der Waals surface area contributed by atoms with Crippen LogP contribution >= 0.6 is 0 Å². The molecule has 0 heterocycles. The molecule has 0 heteroatoms. The minimum Gasteiger partial charge on any atom is -0.0795 e. The van der Waals surface area contributed by atoms with E-state index in [0.29, 0.717) is 5.41 Å². The highest BCUT2D eigenvalue weighted by Gasteiger charge is 2.66. The molecule has 0 aromatic heterocycles. The first-order valence-electron chi connectivity index (χ1n) is 6.74. The quantitative estimate of drug-likeness (QED) is 0.631. The van der Waals surface area contributed by atoms with Crippen LogP contribution in [0.3, 0.4) is 0 Å². The van der Waals surface area contributed by atoms with Crippen LogP contribution in [0.15, 0.2) is 48.6 Å². The Balaban J connectivity index is 1.83. The zero-order chi connectivity index (χ0) is 11.8. The summed E-state index contributed by atoms with van der Waals surface area (Å²) in [6, 6.07) is 4.67. The van der Waals surface area contributed by atoms with Crippen molar-refractivity contribution in [2.75, 3.05) is 0 Å². The van der Waals surface area contributed by atoms with Gasteiger partial charge in [-0.25, -0.2) is 0 Å². The van der Waals surface area contributed by atoms with Crippen LogP contribution in [0.1, 0.15) is 28.7 Å². The number of hydrogen-bond acceptors (Lipinski definition) is 0. The number of rotatable bonds is 0. The SMILES string of the molecule is C1=C[C@]23C=Cc4c(ccc5c4CC=C5)[C@]2(C=C1)C3. The molecule has 0 bridgehead atoms. The molecule has 0 spiro atoms. The molecule has 1 aromatic carbocycles. The fourth-order valence-electron chi connectivity index (χ4n) is 4.17. The smallest absolute Gasteiger partial charge is 0.0279 e. The Morgan fingerprint density at radius 1 is 0.944 bits per heavy atom. The summed E-state index contributed by atoms with van der Waals surface area (Å²) in [7, 11) is 0. The molecule has 0 unspecified atom stereocenters. The van der Waals surface area contributed by atoms with E-state index in [1.165, 1.54) is 23.1 Å². The Morgan fingerprint density at radius 2 is 1.89 bits per heavy atom. The van der Waals surface area contributed by atoms with Crippen molar-refractivity contribution in [2.24, 2.45) is 5.41 Å². The molecule has 5 rings (SSSR count). The number of allylic oxidation sites excluding steroid dienone is 6. The lowest BCUT2D eigenvalue weighted by molar-refractivity contribution is 0.688. The van der Waals surface area contributed by atoms with Crippen molar-refractivity contribution in [3.63, 3.8) is 0 Å². The van der Waals surface area contributed by atoms with Crippen molar-refractivity contribution in [1.29, 1.82) is 0 Å². The molecule has 4 aliphatic rings. The predicted octanol–water partition coefficient (Wildman–Crippen LogP) is 4.04. The molecular weight excluding hydrogens is 216 g/mol. The van der Waals surface area contributed by atoms with E-state index >= 15 is 0 Å². The molecule has 1 fully saturated rings. The molecule has 0 nitrogen and oxygen atoms in total. The second-order valence-electron chi connectivity index (χ2n) is 5.94. The van der Waals surface area contributed by atoms with Crippen molar-refractivity contribution >= 4 is 12.2 Å². The van der Waals surface area contributed by atoms with Gasteiger partial charge in [-0.2, -0.15) is 0 Å². The standard InChI is InChI=1S/C18H14/c1-2-10-18-12-17(18,9-1)11-8-15-14-5-3-4-13(14)6-7-16(15)18/h1-4,6-11H,5,12H2/t17-,18+/m1/s1. The Bertz CT molecular complexity index is 699. The van der Waals surface area contributed by atoms with Gasteiger partial charge in [-0.05, 0) is 35.1 Å². The summed E-state index contributed by atoms with van der Waals surface area (Å²) in [5.41, 5.74) is 6.57. The predicted molar refractivity (Wildman–Crippen MR) is 75.2 cm³/mol. The molecule has 1 saturated carbocycles. The molecule has 0 N–H and O–H groups in total. The van der Waals surface area contributed by atoms with Crippen LogP contribution in [-0.4, -0.2) is 0 Å². The average Bonchev–Trinajstić information content (AvgIpc) is 2.89. The zero-order valence-corrected chi connectivity index (χ0v) is 10.2. The van der Waals surface area contributed by atoms with Gasteiger partial charge in [0.2, 0.25) is 0 Å². The van der Waals surface area contributed by atoms with Gasteiger partial charge in [-0.15, -0.1) is 0 Å². The molecule has 86 valence electrons. The minimum atomic E-state index is 0.281. The Hall–Kier alpha value is -1.82. The maximum atomic E-state index is 2.44. The minimum absolute atomic E-state index is 0.281. The van der Waals surface area contributed by atoms with Gasteiger partial charge < -0.3 is 0 Å². The van der Waals surface area contributed by atoms with Gasteiger partial charge in [0.25, 0.3) is 0 Å². The summed E-state index contributed by atoms with van der Waals surface area (Å²) in [4.78, 5) is 0. The number of fused-ring (bicyclic) bond motifs is 3. The summed E-state index contributed by atoms with van der Waals surface area (Å²) < 4.78 is 0. The van der Waals surface area contributed by atoms with Gasteiger partial charge in [0.15, 0.2) is 0 Å². The summed E-state index contributed by atoms with van der Waals surface area (Å²) in [6.45, 7) is 0. The van der Waals surface area contributed by atoms with Gasteiger partial charge in [-0.3, -0.25) is 0 Å². The van der Waals surface area contributed by atoms with Gasteiger partial charge in [0, 0.05) is 10.8 Å². The average molecular weight is 230 g/mol. The zero-order valence-electron chi connectivity index (χ0n) is 10.2. The molecular formula is C18H14. The largest absolute Gasteiger partial charge is 0.0795 e. The number of hydrogen-bond donors (Lipinski definition) is 0. The first-order valence-corrected chi connectivity index (χ1v) is 6.74. The monoisotopic (exact) mass is 230 g/mol. The van der Waals surface area contributed by atoms with Crippen LogP contribution in [-0.2, 0) is 11.8 Å². The highest BCUT2D eigenvalue weighted by atomic mass is 14.7. The summed E-state index contributed by atoms with van der Waals surface area (Å²) in [5.74, 6) is 0. The van der Waals surface area contributed by atoms with Crippen molar-refractivity contribution < 1.29 is 0 Å². The molecule has 0 radical (unpaired) electrons. The normalized spacial score (nSPS) is 36.0. The van der Waals surface area contributed by atoms with E-state index in [4.69, 9.17) is 0 Å². The van der Waals surface area contributed by atoms with E-state index in [0.717, 1.165) is 6.42 Å². The molecule has 18 heavy (non-hydrogen) atoms.